The van der Waals surface area contributed by atoms with Crippen molar-refractivity contribution in [2.45, 2.75) is 26.4 Å². The summed E-state index contributed by atoms with van der Waals surface area (Å²) in [4.78, 5) is 8.86. The molecule has 0 spiro atoms. The second-order valence-corrected chi connectivity index (χ2v) is 5.05. The van der Waals surface area contributed by atoms with E-state index in [1.54, 1.807) is 0 Å². The smallest absolute Gasteiger partial charge is 0.122 e. The van der Waals surface area contributed by atoms with Gasteiger partial charge in [0.1, 0.15) is 5.82 Å². The first kappa shape index (κ1) is 13.8. The molecule has 4 heteroatoms. The minimum atomic E-state index is 0.805. The quantitative estimate of drug-likeness (QED) is 0.706. The van der Waals surface area contributed by atoms with Gasteiger partial charge in [-0.2, -0.15) is 0 Å². The predicted octanol–water partition coefficient (Wildman–Crippen LogP) is 2.78. The van der Waals surface area contributed by atoms with E-state index in [0.717, 1.165) is 37.4 Å². The van der Waals surface area contributed by atoms with E-state index in [-0.39, 0.29) is 0 Å². The van der Waals surface area contributed by atoms with E-state index >= 15 is 0 Å². The first-order valence-electron chi connectivity index (χ1n) is 7.42. The number of benzene rings is 1. The summed E-state index contributed by atoms with van der Waals surface area (Å²) in [5.41, 5.74) is 2.40. The fourth-order valence-corrected chi connectivity index (χ4v) is 2.59. The number of hydrogen-bond acceptors (Lipinski definition) is 3. The van der Waals surface area contributed by atoms with Crippen LogP contribution in [0.1, 0.15) is 18.3 Å². The van der Waals surface area contributed by atoms with Gasteiger partial charge >= 0.3 is 0 Å². The van der Waals surface area contributed by atoms with Crippen molar-refractivity contribution < 1.29 is 0 Å². The molecule has 0 bridgehead atoms. The van der Waals surface area contributed by atoms with Crippen LogP contribution in [0.3, 0.4) is 0 Å². The van der Waals surface area contributed by atoms with Gasteiger partial charge in [-0.15, -0.1) is 0 Å². The van der Waals surface area contributed by atoms with Crippen LogP contribution in [0.25, 0.3) is 10.9 Å². The van der Waals surface area contributed by atoms with Crippen molar-refractivity contribution >= 4 is 10.9 Å². The first-order chi connectivity index (χ1) is 10.4. The molecule has 108 valence electrons. The van der Waals surface area contributed by atoms with Gasteiger partial charge in [-0.25, -0.2) is 4.98 Å². The molecular formula is C17H20N4. The van der Waals surface area contributed by atoms with E-state index in [1.165, 1.54) is 10.9 Å². The Morgan fingerprint density at radius 2 is 2.00 bits per heavy atom. The predicted molar refractivity (Wildman–Crippen MR) is 85.1 cm³/mol. The molecule has 2 heterocycles. The first-order valence-corrected chi connectivity index (χ1v) is 7.42. The summed E-state index contributed by atoms with van der Waals surface area (Å²) in [6, 6.07) is 10.5. The number of aryl methyl sites for hydroxylation is 1. The normalized spacial score (nSPS) is 11.1. The summed E-state index contributed by atoms with van der Waals surface area (Å²) in [5, 5.41) is 4.67. The Morgan fingerprint density at radius 3 is 2.90 bits per heavy atom. The van der Waals surface area contributed by atoms with Crippen LogP contribution in [0.5, 0.6) is 0 Å². The summed E-state index contributed by atoms with van der Waals surface area (Å²) < 4.78 is 2.16. The molecule has 4 nitrogen and oxygen atoms in total. The Morgan fingerprint density at radius 1 is 1.10 bits per heavy atom. The van der Waals surface area contributed by atoms with Crippen molar-refractivity contribution in [2.75, 3.05) is 6.54 Å². The van der Waals surface area contributed by atoms with E-state index in [1.807, 2.05) is 24.7 Å². The molecular weight excluding hydrogens is 260 g/mol. The highest BCUT2D eigenvalue weighted by Gasteiger charge is 2.03. The molecule has 0 aliphatic rings. The van der Waals surface area contributed by atoms with Crippen LogP contribution < -0.4 is 5.32 Å². The number of imidazole rings is 1. The topological polar surface area (TPSA) is 42.7 Å². The average Bonchev–Trinajstić information content (AvgIpc) is 2.99. The Labute approximate surface area is 124 Å². The van der Waals surface area contributed by atoms with Crippen molar-refractivity contribution in [3.63, 3.8) is 0 Å². The van der Waals surface area contributed by atoms with Crippen molar-refractivity contribution in [1.29, 1.82) is 0 Å². The summed E-state index contributed by atoms with van der Waals surface area (Å²) >= 11 is 0. The van der Waals surface area contributed by atoms with E-state index in [4.69, 9.17) is 0 Å². The lowest BCUT2D eigenvalue weighted by atomic mass is 10.1. The molecule has 0 saturated carbocycles. The van der Waals surface area contributed by atoms with Gasteiger partial charge in [-0.05, 0) is 31.5 Å². The second kappa shape index (κ2) is 6.50. The molecule has 1 aromatic carbocycles. The Bertz CT molecular complexity index is 712. The van der Waals surface area contributed by atoms with Crippen molar-refractivity contribution in [1.82, 2.24) is 19.9 Å². The summed E-state index contributed by atoms with van der Waals surface area (Å²) in [6.45, 7) is 4.82. The monoisotopic (exact) mass is 280 g/mol. The van der Waals surface area contributed by atoms with Crippen LogP contribution in [0.4, 0.5) is 0 Å². The maximum atomic E-state index is 4.49. The molecule has 0 saturated heterocycles. The Balaban J connectivity index is 1.60. The Kier molecular flexibility index (Phi) is 4.26. The molecule has 2 aromatic heterocycles. The van der Waals surface area contributed by atoms with Crippen molar-refractivity contribution in [3.8, 4) is 0 Å². The summed E-state index contributed by atoms with van der Waals surface area (Å²) in [7, 11) is 0. The minimum absolute atomic E-state index is 0.805. The van der Waals surface area contributed by atoms with Crippen LogP contribution in [-0.2, 0) is 19.5 Å². The summed E-state index contributed by atoms with van der Waals surface area (Å²) in [5.74, 6) is 1.09. The number of nitrogens with one attached hydrogen (secondary N) is 1. The maximum Gasteiger partial charge on any atom is 0.122 e. The largest absolute Gasteiger partial charge is 0.334 e. The fourth-order valence-electron chi connectivity index (χ4n) is 2.59. The molecule has 0 unspecified atom stereocenters. The van der Waals surface area contributed by atoms with Crippen LogP contribution in [0.2, 0.25) is 0 Å². The van der Waals surface area contributed by atoms with Gasteiger partial charge in [0.05, 0.1) is 12.1 Å². The number of pyridine rings is 1. The third kappa shape index (κ3) is 3.11. The third-order valence-corrected chi connectivity index (χ3v) is 3.71. The van der Waals surface area contributed by atoms with Gasteiger partial charge in [0, 0.05) is 30.5 Å². The second-order valence-electron chi connectivity index (χ2n) is 5.05. The van der Waals surface area contributed by atoms with Crippen LogP contribution in [0.15, 0.2) is 48.9 Å². The highest BCUT2D eigenvalue weighted by atomic mass is 15.1. The third-order valence-electron chi connectivity index (χ3n) is 3.71. The lowest BCUT2D eigenvalue weighted by Crippen LogP contribution is -2.19. The number of hydrogen-bond donors (Lipinski definition) is 1. The highest BCUT2D eigenvalue weighted by molar-refractivity contribution is 5.81. The fraction of sp³-hybridized carbons (Fsp3) is 0.294. The van der Waals surface area contributed by atoms with Gasteiger partial charge < -0.3 is 9.88 Å². The van der Waals surface area contributed by atoms with E-state index < -0.39 is 0 Å². The summed E-state index contributed by atoms with van der Waals surface area (Å²) in [6.07, 6.45) is 6.71. The Hall–Kier alpha value is -2.20. The highest BCUT2D eigenvalue weighted by Crippen LogP contribution is 2.15. The van der Waals surface area contributed by atoms with Gasteiger partial charge in [0.2, 0.25) is 0 Å². The zero-order valence-corrected chi connectivity index (χ0v) is 12.3. The lowest BCUT2D eigenvalue weighted by molar-refractivity contribution is 0.613. The van der Waals surface area contributed by atoms with Gasteiger partial charge in [0.25, 0.3) is 0 Å². The number of fused-ring (bicyclic) bond motifs is 1. The number of para-hydroxylation sites is 1. The zero-order valence-electron chi connectivity index (χ0n) is 12.3. The lowest BCUT2D eigenvalue weighted by Gasteiger charge is -2.08. The van der Waals surface area contributed by atoms with Crippen LogP contribution >= 0.6 is 0 Å². The van der Waals surface area contributed by atoms with E-state index in [2.05, 4.69) is 51.0 Å². The molecule has 0 aliphatic heterocycles. The molecule has 3 rings (SSSR count). The van der Waals surface area contributed by atoms with E-state index in [0.29, 0.717) is 0 Å². The van der Waals surface area contributed by atoms with Crippen LogP contribution in [0, 0.1) is 0 Å². The van der Waals surface area contributed by atoms with Crippen molar-refractivity contribution in [2.24, 2.45) is 0 Å². The maximum absolute atomic E-state index is 4.49. The molecule has 21 heavy (non-hydrogen) atoms. The minimum Gasteiger partial charge on any atom is -0.334 e. The molecule has 3 aromatic rings. The number of aromatic nitrogens is 3. The molecule has 0 radical (unpaired) electrons. The average molecular weight is 280 g/mol. The van der Waals surface area contributed by atoms with Crippen molar-refractivity contribution in [3.05, 3.63) is 60.3 Å². The number of rotatable bonds is 6. The molecule has 0 fully saturated rings. The molecule has 1 N–H and O–H groups in total. The SMILES string of the molecule is CCn1ccnc1CNCCc1cccc2cccnc12. The molecule has 0 aliphatic carbocycles. The van der Waals surface area contributed by atoms with Crippen LogP contribution in [-0.4, -0.2) is 21.1 Å². The van der Waals surface area contributed by atoms with Gasteiger partial charge in [-0.3, -0.25) is 4.98 Å². The zero-order chi connectivity index (χ0) is 14.5. The molecule has 0 atom stereocenters. The van der Waals surface area contributed by atoms with E-state index in [9.17, 15) is 0 Å². The van der Waals surface area contributed by atoms with Gasteiger partial charge in [0.15, 0.2) is 0 Å². The molecule has 0 amide bonds. The van der Waals surface area contributed by atoms with Gasteiger partial charge in [-0.1, -0.05) is 24.3 Å². The standard InChI is InChI=1S/C17H20N4/c1-2-21-12-11-19-16(21)13-18-10-8-15-6-3-5-14-7-4-9-20-17(14)15/h3-7,9,11-12,18H,2,8,10,13H2,1H3. The number of nitrogens with zero attached hydrogens (tertiary/aromatic N) is 3.